The third kappa shape index (κ3) is 3.14. The van der Waals surface area contributed by atoms with Crippen LogP contribution in [-0.4, -0.2) is 9.78 Å². The standard InChI is InChI=1S/C11H13Br3N4S/c1-5(2)18-10(7(12)4-16-18)9(17-15)6-3-8(13)19-11(6)14/h3-5,9,17H,15H2,1-2H3. The van der Waals surface area contributed by atoms with Gasteiger partial charge < -0.3 is 0 Å². The van der Waals surface area contributed by atoms with E-state index in [1.165, 1.54) is 0 Å². The van der Waals surface area contributed by atoms with Crippen LogP contribution in [0.4, 0.5) is 0 Å². The first-order valence-electron chi connectivity index (χ1n) is 5.59. The quantitative estimate of drug-likeness (QED) is 0.513. The Hall–Kier alpha value is 0.270. The minimum atomic E-state index is -0.129. The lowest BCUT2D eigenvalue weighted by Gasteiger charge is -2.20. The number of thiophene rings is 1. The summed E-state index contributed by atoms with van der Waals surface area (Å²) in [4.78, 5) is 0. The number of hydrogen-bond donors (Lipinski definition) is 2. The van der Waals surface area contributed by atoms with Gasteiger partial charge in [-0.15, -0.1) is 11.3 Å². The van der Waals surface area contributed by atoms with Crippen molar-refractivity contribution < 1.29 is 0 Å². The summed E-state index contributed by atoms with van der Waals surface area (Å²) >= 11 is 12.2. The van der Waals surface area contributed by atoms with Crippen molar-refractivity contribution in [2.24, 2.45) is 5.84 Å². The molecule has 2 rings (SSSR count). The molecule has 1 atom stereocenters. The molecule has 8 heteroatoms. The first-order valence-corrected chi connectivity index (χ1v) is 8.79. The highest BCUT2D eigenvalue weighted by atomic mass is 79.9. The maximum absolute atomic E-state index is 5.77. The van der Waals surface area contributed by atoms with Crippen LogP contribution in [-0.2, 0) is 0 Å². The van der Waals surface area contributed by atoms with Gasteiger partial charge in [-0.05, 0) is 67.7 Å². The van der Waals surface area contributed by atoms with Crippen LogP contribution in [0.15, 0.2) is 24.3 Å². The van der Waals surface area contributed by atoms with Gasteiger partial charge in [0.05, 0.1) is 30.0 Å². The van der Waals surface area contributed by atoms with Gasteiger partial charge in [0.1, 0.15) is 0 Å². The largest absolute Gasteiger partial charge is 0.271 e. The maximum atomic E-state index is 5.77. The third-order valence-electron chi connectivity index (χ3n) is 2.71. The topological polar surface area (TPSA) is 55.9 Å². The maximum Gasteiger partial charge on any atom is 0.0909 e. The Bertz CT molecular complexity index is 579. The summed E-state index contributed by atoms with van der Waals surface area (Å²) in [6, 6.07) is 2.19. The van der Waals surface area contributed by atoms with Gasteiger partial charge in [0.2, 0.25) is 0 Å². The van der Waals surface area contributed by atoms with Crippen molar-refractivity contribution in [2.45, 2.75) is 25.9 Å². The monoisotopic (exact) mass is 470 g/mol. The number of rotatable bonds is 4. The number of hydrazine groups is 1. The second kappa shape index (κ2) is 6.36. The fraction of sp³-hybridized carbons (Fsp3) is 0.364. The Morgan fingerprint density at radius 3 is 2.53 bits per heavy atom. The zero-order chi connectivity index (χ0) is 14.2. The van der Waals surface area contributed by atoms with E-state index in [0.717, 1.165) is 23.3 Å². The minimum absolute atomic E-state index is 0.129. The van der Waals surface area contributed by atoms with Crippen molar-refractivity contribution in [3.8, 4) is 0 Å². The van der Waals surface area contributed by atoms with Crippen molar-refractivity contribution in [3.05, 3.63) is 35.6 Å². The van der Waals surface area contributed by atoms with Gasteiger partial charge in [-0.3, -0.25) is 10.5 Å². The van der Waals surface area contributed by atoms with Crippen molar-refractivity contribution in [3.63, 3.8) is 0 Å². The highest BCUT2D eigenvalue weighted by Crippen LogP contribution is 2.39. The van der Waals surface area contributed by atoms with Gasteiger partial charge in [-0.2, -0.15) is 5.10 Å². The lowest BCUT2D eigenvalue weighted by atomic mass is 10.1. The SMILES string of the molecule is CC(C)n1ncc(Br)c1C(NN)c1cc(Br)sc1Br. The minimum Gasteiger partial charge on any atom is -0.271 e. The summed E-state index contributed by atoms with van der Waals surface area (Å²) in [6.45, 7) is 4.18. The van der Waals surface area contributed by atoms with E-state index in [0.29, 0.717) is 0 Å². The van der Waals surface area contributed by atoms with E-state index in [2.05, 4.69) is 78.2 Å². The zero-order valence-electron chi connectivity index (χ0n) is 10.3. The molecule has 104 valence electrons. The number of nitrogens with zero attached hydrogens (tertiary/aromatic N) is 2. The molecule has 1 unspecified atom stereocenters. The summed E-state index contributed by atoms with van der Waals surface area (Å²) in [5, 5.41) is 4.40. The van der Waals surface area contributed by atoms with Crippen LogP contribution >= 0.6 is 59.1 Å². The lowest BCUT2D eigenvalue weighted by molar-refractivity contribution is 0.475. The number of halogens is 3. The normalized spacial score (nSPS) is 13.2. The van der Waals surface area contributed by atoms with Crippen molar-refractivity contribution in [1.29, 1.82) is 0 Å². The highest BCUT2D eigenvalue weighted by molar-refractivity contribution is 9.12. The van der Waals surface area contributed by atoms with E-state index >= 15 is 0 Å². The summed E-state index contributed by atoms with van der Waals surface area (Å²) in [5.41, 5.74) is 4.98. The summed E-state index contributed by atoms with van der Waals surface area (Å²) in [7, 11) is 0. The summed E-state index contributed by atoms with van der Waals surface area (Å²) in [6.07, 6.45) is 1.80. The summed E-state index contributed by atoms with van der Waals surface area (Å²) in [5.74, 6) is 5.77. The van der Waals surface area contributed by atoms with Gasteiger partial charge in [0.25, 0.3) is 0 Å². The van der Waals surface area contributed by atoms with Crippen LogP contribution in [0.1, 0.15) is 37.2 Å². The van der Waals surface area contributed by atoms with E-state index in [4.69, 9.17) is 5.84 Å². The predicted octanol–water partition coefficient (Wildman–Crippen LogP) is 4.37. The number of aromatic nitrogens is 2. The molecule has 3 N–H and O–H groups in total. The van der Waals surface area contributed by atoms with Gasteiger partial charge in [0, 0.05) is 11.6 Å². The van der Waals surface area contributed by atoms with Crippen molar-refractivity contribution >= 4 is 59.1 Å². The van der Waals surface area contributed by atoms with E-state index in [1.807, 2.05) is 4.68 Å². The molecular weight excluding hydrogens is 460 g/mol. The molecular formula is C11H13Br3N4S. The molecule has 0 saturated heterocycles. The van der Waals surface area contributed by atoms with Gasteiger partial charge >= 0.3 is 0 Å². The van der Waals surface area contributed by atoms with Gasteiger partial charge in [-0.1, -0.05) is 0 Å². The van der Waals surface area contributed by atoms with E-state index in [1.54, 1.807) is 17.5 Å². The molecule has 19 heavy (non-hydrogen) atoms. The molecule has 0 aliphatic carbocycles. The average Bonchev–Trinajstić information content (AvgIpc) is 2.85. The smallest absolute Gasteiger partial charge is 0.0909 e. The van der Waals surface area contributed by atoms with Crippen LogP contribution in [0.3, 0.4) is 0 Å². The molecule has 4 nitrogen and oxygen atoms in total. The Labute approximate surface area is 141 Å². The molecule has 0 radical (unpaired) electrons. The molecule has 0 fully saturated rings. The van der Waals surface area contributed by atoms with E-state index in [9.17, 15) is 0 Å². The van der Waals surface area contributed by atoms with E-state index in [-0.39, 0.29) is 12.1 Å². The Kier molecular flexibility index (Phi) is 5.24. The Morgan fingerprint density at radius 2 is 2.05 bits per heavy atom. The van der Waals surface area contributed by atoms with Crippen molar-refractivity contribution in [2.75, 3.05) is 0 Å². The van der Waals surface area contributed by atoms with E-state index < -0.39 is 0 Å². The number of hydrogen-bond acceptors (Lipinski definition) is 4. The summed E-state index contributed by atoms with van der Waals surface area (Å²) < 4.78 is 5.01. The molecule has 2 aromatic heterocycles. The fourth-order valence-electron chi connectivity index (χ4n) is 1.90. The molecule has 0 amide bonds. The number of nitrogens with one attached hydrogen (secondary N) is 1. The molecule has 2 heterocycles. The lowest BCUT2D eigenvalue weighted by Crippen LogP contribution is -2.31. The highest BCUT2D eigenvalue weighted by Gasteiger charge is 2.25. The fourth-order valence-corrected chi connectivity index (χ4v) is 5.30. The molecule has 0 aliphatic heterocycles. The van der Waals surface area contributed by atoms with Crippen molar-refractivity contribution in [1.82, 2.24) is 15.2 Å². The van der Waals surface area contributed by atoms with Crippen LogP contribution in [0.25, 0.3) is 0 Å². The number of nitrogens with two attached hydrogens (primary N) is 1. The zero-order valence-corrected chi connectivity index (χ0v) is 15.9. The average molecular weight is 473 g/mol. The predicted molar refractivity (Wildman–Crippen MR) is 89.2 cm³/mol. The molecule has 0 spiro atoms. The second-order valence-electron chi connectivity index (χ2n) is 4.30. The molecule has 0 aliphatic rings. The first-order chi connectivity index (χ1) is 8.95. The van der Waals surface area contributed by atoms with Crippen LogP contribution in [0, 0.1) is 0 Å². The molecule has 0 aromatic carbocycles. The van der Waals surface area contributed by atoms with Crippen LogP contribution < -0.4 is 11.3 Å². The second-order valence-corrected chi connectivity index (χ2v) is 8.90. The molecule has 2 aromatic rings. The Morgan fingerprint density at radius 1 is 1.37 bits per heavy atom. The third-order valence-corrected chi connectivity index (χ3v) is 5.71. The molecule has 0 saturated carbocycles. The van der Waals surface area contributed by atoms with Crippen LogP contribution in [0.2, 0.25) is 0 Å². The molecule has 0 bridgehead atoms. The van der Waals surface area contributed by atoms with Gasteiger partial charge in [-0.25, -0.2) is 5.43 Å². The van der Waals surface area contributed by atoms with Gasteiger partial charge in [0.15, 0.2) is 0 Å². The first kappa shape index (κ1) is 15.7. The Balaban J connectivity index is 2.54. The van der Waals surface area contributed by atoms with Crippen LogP contribution in [0.5, 0.6) is 0 Å².